The number of rotatable bonds is 5. The Morgan fingerprint density at radius 1 is 1.24 bits per heavy atom. The summed E-state index contributed by atoms with van der Waals surface area (Å²) in [6, 6.07) is 9.78. The van der Waals surface area contributed by atoms with Crippen LogP contribution in [0.5, 0.6) is 0 Å². The van der Waals surface area contributed by atoms with Crippen molar-refractivity contribution >= 4 is 45.8 Å². The molecule has 0 saturated heterocycles. The van der Waals surface area contributed by atoms with Crippen molar-refractivity contribution in [1.29, 1.82) is 0 Å². The van der Waals surface area contributed by atoms with Crippen LogP contribution in [0, 0.1) is 0 Å². The number of amides is 2. The molecule has 1 heterocycles. The fraction of sp³-hybridized carbons (Fsp3) is 0.0714. The molecule has 108 valence electrons. The van der Waals surface area contributed by atoms with Crippen LogP contribution in [0.2, 0.25) is 0 Å². The number of hydrogen-bond acceptors (Lipinski definition) is 4. The number of carbonyl (C=O) groups is 2. The molecule has 21 heavy (non-hydrogen) atoms. The molecule has 0 fully saturated rings. The van der Waals surface area contributed by atoms with Crippen LogP contribution in [-0.2, 0) is 4.79 Å². The Hall–Kier alpha value is -1.99. The maximum Gasteiger partial charge on any atom is 0.268 e. The van der Waals surface area contributed by atoms with Gasteiger partial charge in [-0.3, -0.25) is 9.59 Å². The third kappa shape index (κ3) is 3.77. The lowest BCUT2D eigenvalue weighted by molar-refractivity contribution is -0.123. The Bertz CT molecular complexity index is 658. The van der Waals surface area contributed by atoms with Crippen LogP contribution in [0.4, 0.5) is 0 Å². The molecule has 0 radical (unpaired) electrons. The van der Waals surface area contributed by atoms with Gasteiger partial charge in [-0.15, -0.1) is 11.3 Å². The van der Waals surface area contributed by atoms with Gasteiger partial charge < -0.3 is 5.32 Å². The molecule has 2 aromatic rings. The van der Waals surface area contributed by atoms with Gasteiger partial charge in [0.15, 0.2) is 0 Å². The van der Waals surface area contributed by atoms with Gasteiger partial charge in [0.25, 0.3) is 11.8 Å². The second-order valence-corrected chi connectivity index (χ2v) is 5.87. The quantitative estimate of drug-likeness (QED) is 0.631. The fourth-order valence-corrected chi connectivity index (χ4v) is 2.96. The van der Waals surface area contributed by atoms with Crippen molar-refractivity contribution < 1.29 is 9.59 Å². The van der Waals surface area contributed by atoms with E-state index in [0.29, 0.717) is 10.0 Å². The molecule has 0 aliphatic rings. The molecular weight excluding hydrogens is 354 g/mol. The molecule has 0 saturated carbocycles. The third-order valence-electron chi connectivity index (χ3n) is 2.67. The first kappa shape index (κ1) is 15.4. The fourth-order valence-electron chi connectivity index (χ4n) is 1.72. The van der Waals surface area contributed by atoms with E-state index in [-0.39, 0.29) is 5.91 Å². The molecule has 2 N–H and O–H groups in total. The van der Waals surface area contributed by atoms with Gasteiger partial charge in [-0.05, 0) is 39.5 Å². The first-order valence-electron chi connectivity index (χ1n) is 5.98. The Kier molecular flexibility index (Phi) is 5.24. The van der Waals surface area contributed by atoms with Gasteiger partial charge in [-0.1, -0.05) is 18.2 Å². The molecule has 2 rings (SSSR count). The molecule has 2 amide bonds. The van der Waals surface area contributed by atoms with Gasteiger partial charge in [0.05, 0.1) is 5.56 Å². The van der Waals surface area contributed by atoms with Crippen LogP contribution in [0.15, 0.2) is 51.4 Å². The van der Waals surface area contributed by atoms with Crippen molar-refractivity contribution in [3.63, 3.8) is 0 Å². The number of nitrogens with one attached hydrogen (secondary N) is 2. The monoisotopic (exact) mass is 365 g/mol. The lowest BCUT2D eigenvalue weighted by atomic mass is 10.1. The zero-order valence-corrected chi connectivity index (χ0v) is 13.3. The molecule has 1 atom stereocenters. The summed E-state index contributed by atoms with van der Waals surface area (Å²) in [7, 11) is 0. The number of thiophene rings is 1. The Labute approximate surface area is 134 Å². The predicted octanol–water partition coefficient (Wildman–Crippen LogP) is 2.71. The lowest BCUT2D eigenvalue weighted by Crippen LogP contribution is -2.38. The smallest absolute Gasteiger partial charge is 0.268 e. The topological polar surface area (TPSA) is 70.6 Å². The molecule has 0 aliphatic carbocycles. The minimum absolute atomic E-state index is 0.347. The summed E-state index contributed by atoms with van der Waals surface area (Å²) in [5, 5.41) is 7.90. The first-order valence-corrected chi connectivity index (χ1v) is 7.65. The highest BCUT2D eigenvalue weighted by Crippen LogP contribution is 2.21. The van der Waals surface area contributed by atoms with Crippen molar-refractivity contribution in [2.24, 2.45) is 5.10 Å². The van der Waals surface area contributed by atoms with Crippen LogP contribution < -0.4 is 10.7 Å². The second-order valence-electron chi connectivity index (χ2n) is 4.04. The standard InChI is InChI=1S/C14H12BrN3O2S/c1-16-18-14(20)12(11-7-4-8-21-11)17-13(19)9-5-2-3-6-10(9)15/h2-8,12H,1H2,(H,17,19)(H,18,20). The normalized spacial score (nSPS) is 11.5. The van der Waals surface area contributed by atoms with E-state index in [1.165, 1.54) is 11.3 Å². The summed E-state index contributed by atoms with van der Waals surface area (Å²) in [4.78, 5) is 25.1. The molecule has 5 nitrogen and oxygen atoms in total. The van der Waals surface area contributed by atoms with E-state index in [0.717, 1.165) is 4.88 Å². The largest absolute Gasteiger partial charge is 0.336 e. The minimum Gasteiger partial charge on any atom is -0.336 e. The number of nitrogens with zero attached hydrogens (tertiary/aromatic N) is 1. The van der Waals surface area contributed by atoms with E-state index >= 15 is 0 Å². The summed E-state index contributed by atoms with van der Waals surface area (Å²) >= 11 is 4.69. The zero-order chi connectivity index (χ0) is 15.2. The average molecular weight is 366 g/mol. The molecule has 1 aromatic heterocycles. The van der Waals surface area contributed by atoms with Crippen molar-refractivity contribution in [2.75, 3.05) is 0 Å². The van der Waals surface area contributed by atoms with Crippen LogP contribution in [0.3, 0.4) is 0 Å². The van der Waals surface area contributed by atoms with Crippen molar-refractivity contribution in [3.8, 4) is 0 Å². The van der Waals surface area contributed by atoms with Crippen molar-refractivity contribution in [2.45, 2.75) is 6.04 Å². The number of hydrogen-bond donors (Lipinski definition) is 2. The third-order valence-corrected chi connectivity index (χ3v) is 4.30. The van der Waals surface area contributed by atoms with E-state index in [1.807, 2.05) is 17.5 Å². The summed E-state index contributed by atoms with van der Waals surface area (Å²) in [5.74, 6) is -0.784. The molecule has 0 aliphatic heterocycles. The first-order chi connectivity index (χ1) is 10.1. The lowest BCUT2D eigenvalue weighted by Gasteiger charge is -2.16. The second kappa shape index (κ2) is 7.14. The number of halogens is 1. The summed E-state index contributed by atoms with van der Waals surface area (Å²) in [6.45, 7) is 3.22. The highest BCUT2D eigenvalue weighted by atomic mass is 79.9. The minimum atomic E-state index is -0.810. The average Bonchev–Trinajstić information content (AvgIpc) is 2.99. The van der Waals surface area contributed by atoms with E-state index in [2.05, 4.69) is 38.5 Å². The van der Waals surface area contributed by atoms with E-state index in [9.17, 15) is 9.59 Å². The van der Waals surface area contributed by atoms with E-state index < -0.39 is 11.9 Å². The summed E-state index contributed by atoms with van der Waals surface area (Å²) in [6.07, 6.45) is 0. The SMILES string of the molecule is C=NNC(=O)C(NC(=O)c1ccccc1Br)c1cccs1. The van der Waals surface area contributed by atoms with Crippen LogP contribution in [-0.4, -0.2) is 18.5 Å². The Morgan fingerprint density at radius 3 is 2.62 bits per heavy atom. The van der Waals surface area contributed by atoms with E-state index in [4.69, 9.17) is 0 Å². The predicted molar refractivity (Wildman–Crippen MR) is 86.4 cm³/mol. The molecular formula is C14H12BrN3O2S. The van der Waals surface area contributed by atoms with Gasteiger partial charge in [0, 0.05) is 16.1 Å². The molecule has 1 unspecified atom stereocenters. The summed E-state index contributed by atoms with van der Waals surface area (Å²) < 4.78 is 0.662. The van der Waals surface area contributed by atoms with Crippen LogP contribution in [0.1, 0.15) is 21.3 Å². The maximum atomic E-state index is 12.3. The van der Waals surface area contributed by atoms with Gasteiger partial charge in [0.2, 0.25) is 0 Å². The highest BCUT2D eigenvalue weighted by molar-refractivity contribution is 9.10. The van der Waals surface area contributed by atoms with Gasteiger partial charge >= 0.3 is 0 Å². The highest BCUT2D eigenvalue weighted by Gasteiger charge is 2.24. The number of benzene rings is 1. The number of carbonyl (C=O) groups excluding carboxylic acids is 2. The summed E-state index contributed by atoms with van der Waals surface area (Å²) in [5.41, 5.74) is 2.72. The van der Waals surface area contributed by atoms with Crippen molar-refractivity contribution in [3.05, 3.63) is 56.7 Å². The molecule has 0 spiro atoms. The molecule has 1 aromatic carbocycles. The molecule has 7 heteroatoms. The van der Waals surface area contributed by atoms with E-state index in [1.54, 1.807) is 24.3 Å². The maximum absolute atomic E-state index is 12.3. The van der Waals surface area contributed by atoms with Crippen LogP contribution in [0.25, 0.3) is 0 Å². The van der Waals surface area contributed by atoms with Crippen molar-refractivity contribution in [1.82, 2.24) is 10.7 Å². The number of hydrazone groups is 1. The Morgan fingerprint density at radius 2 is 2.00 bits per heavy atom. The van der Waals surface area contributed by atoms with Gasteiger partial charge in [0.1, 0.15) is 6.04 Å². The molecule has 0 bridgehead atoms. The van der Waals surface area contributed by atoms with Crippen LogP contribution >= 0.6 is 27.3 Å². The zero-order valence-electron chi connectivity index (χ0n) is 10.9. The Balaban J connectivity index is 2.23. The van der Waals surface area contributed by atoms with Gasteiger partial charge in [-0.2, -0.15) is 5.10 Å². The van der Waals surface area contributed by atoms with Gasteiger partial charge in [-0.25, -0.2) is 5.43 Å².